The van der Waals surface area contributed by atoms with E-state index < -0.39 is 0 Å². The van der Waals surface area contributed by atoms with E-state index in [2.05, 4.69) is 53.7 Å². The van der Waals surface area contributed by atoms with Gasteiger partial charge in [0.05, 0.1) is 12.3 Å². The average molecular weight is 381 g/mol. The van der Waals surface area contributed by atoms with Crippen molar-refractivity contribution in [2.45, 2.75) is 26.3 Å². The monoisotopic (exact) mass is 380 g/mol. The van der Waals surface area contributed by atoms with Gasteiger partial charge in [-0.1, -0.05) is 54.6 Å². The van der Waals surface area contributed by atoms with Crippen LogP contribution in [0.4, 0.5) is 5.13 Å². The number of hydrogen-bond acceptors (Lipinski definition) is 5. The molecule has 1 aromatic heterocycles. The highest BCUT2D eigenvalue weighted by Crippen LogP contribution is 2.27. The number of esters is 1. The van der Waals surface area contributed by atoms with Crippen molar-refractivity contribution in [3.8, 4) is 11.3 Å². The fourth-order valence-electron chi connectivity index (χ4n) is 2.81. The normalized spacial score (nSPS) is 10.6. The molecular weight excluding hydrogens is 356 g/mol. The minimum atomic E-state index is -0.140. The van der Waals surface area contributed by atoms with Gasteiger partial charge in [-0.15, -0.1) is 11.3 Å². The molecule has 2 aromatic carbocycles. The van der Waals surface area contributed by atoms with Crippen LogP contribution >= 0.6 is 11.3 Å². The Morgan fingerprint density at radius 2 is 1.78 bits per heavy atom. The summed E-state index contributed by atoms with van der Waals surface area (Å²) in [6.07, 6.45) is 1.14. The second kappa shape index (κ2) is 9.33. The molecule has 0 unspecified atom stereocenters. The van der Waals surface area contributed by atoms with E-state index in [1.54, 1.807) is 11.3 Å². The molecule has 5 heteroatoms. The number of hydrogen-bond donors (Lipinski definition) is 0. The lowest BCUT2D eigenvalue weighted by atomic mass is 10.1. The molecule has 0 aliphatic heterocycles. The lowest BCUT2D eigenvalue weighted by Gasteiger charge is -2.16. The lowest BCUT2D eigenvalue weighted by Crippen LogP contribution is -2.16. The first kappa shape index (κ1) is 19.1. The van der Waals surface area contributed by atoms with Crippen LogP contribution in [0, 0.1) is 0 Å². The van der Waals surface area contributed by atoms with E-state index >= 15 is 0 Å². The highest BCUT2D eigenvalue weighted by Gasteiger charge is 2.09. The third-order valence-electron chi connectivity index (χ3n) is 4.25. The zero-order valence-electron chi connectivity index (χ0n) is 15.7. The smallest absolute Gasteiger partial charge is 0.306 e. The van der Waals surface area contributed by atoms with E-state index in [-0.39, 0.29) is 5.97 Å². The SMILES string of the molecule is CCOC(=O)CCc1ccc(CN(C)c2nc(-c3ccccc3)cs2)cc1. The first-order valence-corrected chi connectivity index (χ1v) is 9.99. The summed E-state index contributed by atoms with van der Waals surface area (Å²) in [5.74, 6) is -0.140. The molecule has 3 aromatic rings. The highest BCUT2D eigenvalue weighted by atomic mass is 32.1. The Hall–Kier alpha value is -2.66. The predicted molar refractivity (Wildman–Crippen MR) is 111 cm³/mol. The molecule has 0 amide bonds. The van der Waals surface area contributed by atoms with Gasteiger partial charge in [0, 0.05) is 31.0 Å². The molecule has 0 saturated heterocycles. The molecule has 0 saturated carbocycles. The molecule has 0 bridgehead atoms. The van der Waals surface area contributed by atoms with Crippen LogP contribution in [-0.4, -0.2) is 24.6 Å². The molecule has 0 spiro atoms. The van der Waals surface area contributed by atoms with Gasteiger partial charge in [-0.3, -0.25) is 4.79 Å². The second-order valence-corrected chi connectivity index (χ2v) is 7.20. The van der Waals surface area contributed by atoms with Crippen LogP contribution in [0.25, 0.3) is 11.3 Å². The molecule has 0 radical (unpaired) electrons. The maximum absolute atomic E-state index is 11.5. The number of nitrogens with zero attached hydrogens (tertiary/aromatic N) is 2. The fraction of sp³-hybridized carbons (Fsp3) is 0.273. The topological polar surface area (TPSA) is 42.4 Å². The lowest BCUT2D eigenvalue weighted by molar-refractivity contribution is -0.143. The van der Waals surface area contributed by atoms with Crippen molar-refractivity contribution in [2.24, 2.45) is 0 Å². The number of carbonyl (C=O) groups is 1. The highest BCUT2D eigenvalue weighted by molar-refractivity contribution is 7.14. The Labute approximate surface area is 164 Å². The van der Waals surface area contributed by atoms with Crippen molar-refractivity contribution in [3.63, 3.8) is 0 Å². The second-order valence-electron chi connectivity index (χ2n) is 6.36. The molecular formula is C22H24N2O2S. The third-order valence-corrected chi connectivity index (χ3v) is 5.21. The van der Waals surface area contributed by atoms with Crippen LogP contribution in [0.3, 0.4) is 0 Å². The van der Waals surface area contributed by atoms with Gasteiger partial charge in [-0.2, -0.15) is 0 Å². The summed E-state index contributed by atoms with van der Waals surface area (Å²) in [6, 6.07) is 18.6. The summed E-state index contributed by atoms with van der Waals surface area (Å²) in [5.41, 5.74) is 4.51. The Balaban J connectivity index is 1.57. The summed E-state index contributed by atoms with van der Waals surface area (Å²) in [6.45, 7) is 3.06. The summed E-state index contributed by atoms with van der Waals surface area (Å²) in [5, 5.41) is 3.10. The van der Waals surface area contributed by atoms with Gasteiger partial charge < -0.3 is 9.64 Å². The first-order chi connectivity index (χ1) is 13.2. The molecule has 27 heavy (non-hydrogen) atoms. The Bertz CT molecular complexity index is 860. The van der Waals surface area contributed by atoms with Crippen molar-refractivity contribution in [1.29, 1.82) is 0 Å². The largest absolute Gasteiger partial charge is 0.466 e. The average Bonchev–Trinajstić information content (AvgIpc) is 3.19. The summed E-state index contributed by atoms with van der Waals surface area (Å²) in [4.78, 5) is 18.4. The van der Waals surface area contributed by atoms with E-state index in [1.807, 2.05) is 25.1 Å². The number of ether oxygens (including phenoxy) is 1. The van der Waals surface area contributed by atoms with Gasteiger partial charge in [0.1, 0.15) is 0 Å². The van der Waals surface area contributed by atoms with E-state index in [0.29, 0.717) is 19.4 Å². The van der Waals surface area contributed by atoms with Crippen molar-refractivity contribution in [3.05, 3.63) is 71.1 Å². The molecule has 4 nitrogen and oxygen atoms in total. The predicted octanol–water partition coefficient (Wildman–Crippen LogP) is 4.94. The summed E-state index contributed by atoms with van der Waals surface area (Å²) >= 11 is 1.65. The molecule has 0 aliphatic rings. The molecule has 140 valence electrons. The van der Waals surface area contributed by atoms with E-state index in [0.717, 1.165) is 28.5 Å². The van der Waals surface area contributed by atoms with Gasteiger partial charge in [0.25, 0.3) is 0 Å². The van der Waals surface area contributed by atoms with E-state index in [9.17, 15) is 4.79 Å². The first-order valence-electron chi connectivity index (χ1n) is 9.11. The van der Waals surface area contributed by atoms with Gasteiger partial charge in [0.15, 0.2) is 5.13 Å². The number of aryl methyl sites for hydroxylation is 1. The number of benzene rings is 2. The Morgan fingerprint density at radius 1 is 1.07 bits per heavy atom. The Morgan fingerprint density at radius 3 is 2.48 bits per heavy atom. The van der Waals surface area contributed by atoms with Crippen LogP contribution in [0.5, 0.6) is 0 Å². The zero-order valence-corrected chi connectivity index (χ0v) is 16.5. The van der Waals surface area contributed by atoms with Crippen LogP contribution < -0.4 is 4.90 Å². The van der Waals surface area contributed by atoms with Crippen LogP contribution in [0.2, 0.25) is 0 Å². The van der Waals surface area contributed by atoms with Gasteiger partial charge in [-0.25, -0.2) is 4.98 Å². The number of rotatable bonds is 8. The molecule has 0 atom stereocenters. The Kier molecular flexibility index (Phi) is 6.60. The van der Waals surface area contributed by atoms with Gasteiger partial charge in [-0.05, 0) is 24.5 Å². The molecule has 0 fully saturated rings. The number of anilines is 1. The minimum Gasteiger partial charge on any atom is -0.466 e. The maximum atomic E-state index is 11.5. The minimum absolute atomic E-state index is 0.140. The number of carbonyl (C=O) groups excluding carboxylic acids is 1. The van der Waals surface area contributed by atoms with Crippen molar-refractivity contribution in [1.82, 2.24) is 4.98 Å². The summed E-state index contributed by atoms with van der Waals surface area (Å²) < 4.78 is 4.97. The fourth-order valence-corrected chi connectivity index (χ4v) is 3.61. The molecule has 3 rings (SSSR count). The summed E-state index contributed by atoms with van der Waals surface area (Å²) in [7, 11) is 2.06. The number of thiazole rings is 1. The molecule has 1 heterocycles. The van der Waals surface area contributed by atoms with E-state index in [1.165, 1.54) is 5.56 Å². The van der Waals surface area contributed by atoms with Crippen molar-refractivity contribution < 1.29 is 9.53 Å². The number of aromatic nitrogens is 1. The molecule has 0 N–H and O–H groups in total. The van der Waals surface area contributed by atoms with Crippen molar-refractivity contribution in [2.75, 3.05) is 18.6 Å². The maximum Gasteiger partial charge on any atom is 0.306 e. The zero-order chi connectivity index (χ0) is 19.1. The standard InChI is InChI=1S/C22H24N2O2S/c1-3-26-21(25)14-13-17-9-11-18(12-10-17)15-24(2)22-23-20(16-27-22)19-7-5-4-6-8-19/h4-12,16H,3,13-15H2,1-2H3. The molecule has 0 aliphatic carbocycles. The van der Waals surface area contributed by atoms with Gasteiger partial charge >= 0.3 is 5.97 Å². The quantitative estimate of drug-likeness (QED) is 0.519. The van der Waals surface area contributed by atoms with Gasteiger partial charge in [0.2, 0.25) is 0 Å². The van der Waals surface area contributed by atoms with Crippen LogP contribution in [0.15, 0.2) is 60.0 Å². The van der Waals surface area contributed by atoms with Crippen molar-refractivity contribution >= 4 is 22.4 Å². The van der Waals surface area contributed by atoms with Crippen LogP contribution in [0.1, 0.15) is 24.5 Å². The van der Waals surface area contributed by atoms with E-state index in [4.69, 9.17) is 9.72 Å². The van der Waals surface area contributed by atoms with Crippen LogP contribution in [-0.2, 0) is 22.5 Å². The third kappa shape index (κ3) is 5.41.